The lowest BCUT2D eigenvalue weighted by Crippen LogP contribution is -2.67. The van der Waals surface area contributed by atoms with Gasteiger partial charge in [0.2, 0.25) is 0 Å². The Balaban J connectivity index is 1.66. The summed E-state index contributed by atoms with van der Waals surface area (Å²) in [4.78, 5) is 0. The van der Waals surface area contributed by atoms with Gasteiger partial charge in [0.1, 0.15) is 17.8 Å². The molecule has 0 spiro atoms. The molecular weight excluding hydrogens is 532 g/mol. The molecule has 2 fully saturated rings. The third kappa shape index (κ3) is 7.15. The van der Waals surface area contributed by atoms with Crippen LogP contribution in [0.3, 0.4) is 0 Å². The van der Waals surface area contributed by atoms with Crippen molar-refractivity contribution in [2.75, 3.05) is 26.4 Å². The van der Waals surface area contributed by atoms with Crippen molar-refractivity contribution in [3.05, 3.63) is 60.7 Å². The van der Waals surface area contributed by atoms with Gasteiger partial charge < -0.3 is 28.1 Å². The standard InChI is InChI=1S/C34H52O6Si/c1-8-10-23-35-26-34(30(36-24-11-9-2)29-31(40-34)39-33(6,7)38-29)22-25-37-41(32(3,4)5,27-18-14-12-15-19-27)28-20-16-13-17-21-28/h12-21,29-31H,8-11,22-26H2,1-7H3/t29?,30?,31-,34+/m0/s1. The second-order valence-electron chi connectivity index (χ2n) is 13.0. The van der Waals surface area contributed by atoms with Crippen LogP contribution in [-0.4, -0.2) is 64.6 Å². The van der Waals surface area contributed by atoms with Crippen LogP contribution in [0.5, 0.6) is 0 Å². The Hall–Kier alpha value is -1.58. The largest absolute Gasteiger partial charge is 0.407 e. The monoisotopic (exact) mass is 584 g/mol. The number of unbranched alkanes of at least 4 members (excludes halogenated alkanes) is 2. The second kappa shape index (κ2) is 13.8. The topological polar surface area (TPSA) is 55.4 Å². The first-order chi connectivity index (χ1) is 19.6. The van der Waals surface area contributed by atoms with Crippen LogP contribution in [-0.2, 0) is 28.1 Å². The van der Waals surface area contributed by atoms with Crippen LogP contribution in [0.1, 0.15) is 80.6 Å². The molecule has 0 aromatic heterocycles. The maximum absolute atomic E-state index is 7.28. The van der Waals surface area contributed by atoms with Crippen molar-refractivity contribution in [2.45, 2.75) is 115 Å². The predicted octanol–water partition coefficient (Wildman–Crippen LogP) is 6.20. The van der Waals surface area contributed by atoms with Gasteiger partial charge in [0.15, 0.2) is 12.1 Å². The summed E-state index contributed by atoms with van der Waals surface area (Å²) in [5, 5.41) is 2.42. The summed E-state index contributed by atoms with van der Waals surface area (Å²) in [5.74, 6) is -0.720. The minimum atomic E-state index is -2.70. The van der Waals surface area contributed by atoms with Crippen LogP contribution < -0.4 is 10.4 Å². The smallest absolute Gasteiger partial charge is 0.261 e. The molecule has 0 saturated carbocycles. The fourth-order valence-corrected chi connectivity index (χ4v) is 10.8. The van der Waals surface area contributed by atoms with E-state index < -0.39 is 26.0 Å². The Kier molecular flexibility index (Phi) is 10.9. The molecule has 0 N–H and O–H groups in total. The third-order valence-corrected chi connectivity index (χ3v) is 13.3. The van der Waals surface area contributed by atoms with E-state index in [2.05, 4.69) is 95.3 Å². The summed E-state index contributed by atoms with van der Waals surface area (Å²) in [6.07, 6.45) is 3.59. The highest BCUT2D eigenvalue weighted by Gasteiger charge is 2.63. The first-order valence-corrected chi connectivity index (χ1v) is 17.5. The number of rotatable bonds is 15. The molecule has 2 saturated heterocycles. The van der Waals surface area contributed by atoms with Crippen LogP contribution in [0.2, 0.25) is 5.04 Å². The first kappa shape index (κ1) is 32.3. The van der Waals surface area contributed by atoms with Gasteiger partial charge in [-0.05, 0) is 42.1 Å². The van der Waals surface area contributed by atoms with Crippen molar-refractivity contribution in [2.24, 2.45) is 0 Å². The molecule has 228 valence electrons. The van der Waals surface area contributed by atoms with Gasteiger partial charge in [-0.15, -0.1) is 0 Å². The van der Waals surface area contributed by atoms with Crippen molar-refractivity contribution < 1.29 is 28.1 Å². The lowest BCUT2D eigenvalue weighted by atomic mass is 9.92. The normalized spacial score (nSPS) is 25.9. The number of ether oxygens (including phenoxy) is 5. The molecule has 41 heavy (non-hydrogen) atoms. The quantitative estimate of drug-likeness (QED) is 0.184. The van der Waals surface area contributed by atoms with Crippen LogP contribution in [0.25, 0.3) is 0 Å². The average molecular weight is 585 g/mol. The summed E-state index contributed by atoms with van der Waals surface area (Å²) in [7, 11) is -2.70. The fourth-order valence-electron chi connectivity index (χ4n) is 6.27. The van der Waals surface area contributed by atoms with E-state index in [1.807, 2.05) is 13.8 Å². The first-order valence-electron chi connectivity index (χ1n) is 15.6. The van der Waals surface area contributed by atoms with Crippen LogP contribution in [0.4, 0.5) is 0 Å². The highest BCUT2D eigenvalue weighted by atomic mass is 28.4. The summed E-state index contributed by atoms with van der Waals surface area (Å²) in [6, 6.07) is 21.5. The van der Waals surface area contributed by atoms with Gasteiger partial charge in [-0.2, -0.15) is 0 Å². The maximum Gasteiger partial charge on any atom is 0.261 e. The molecule has 0 bridgehead atoms. The van der Waals surface area contributed by atoms with Crippen molar-refractivity contribution in [1.82, 2.24) is 0 Å². The van der Waals surface area contributed by atoms with E-state index in [1.54, 1.807) is 0 Å². The molecule has 2 aliphatic heterocycles. The van der Waals surface area contributed by atoms with Crippen molar-refractivity contribution in [3.63, 3.8) is 0 Å². The zero-order valence-corrected chi connectivity index (χ0v) is 27.3. The number of benzene rings is 2. The Labute approximate surface area is 249 Å². The minimum Gasteiger partial charge on any atom is -0.407 e. The molecule has 2 heterocycles. The van der Waals surface area contributed by atoms with Gasteiger partial charge in [0.05, 0.1) is 6.61 Å². The molecule has 2 aromatic carbocycles. The number of fused-ring (bicyclic) bond motifs is 1. The molecule has 4 rings (SSSR count). The lowest BCUT2D eigenvalue weighted by Gasteiger charge is -2.44. The highest BCUT2D eigenvalue weighted by molar-refractivity contribution is 6.99. The van der Waals surface area contributed by atoms with Gasteiger partial charge in [-0.25, -0.2) is 0 Å². The van der Waals surface area contributed by atoms with Crippen LogP contribution >= 0.6 is 0 Å². The molecule has 6 nitrogen and oxygen atoms in total. The Morgan fingerprint density at radius 2 is 1.37 bits per heavy atom. The summed E-state index contributed by atoms with van der Waals surface area (Å²) in [6.45, 7) is 17.4. The van der Waals surface area contributed by atoms with E-state index in [0.29, 0.717) is 32.8 Å². The van der Waals surface area contributed by atoms with E-state index >= 15 is 0 Å². The zero-order chi connectivity index (χ0) is 29.6. The van der Waals surface area contributed by atoms with Gasteiger partial charge in [0, 0.05) is 26.2 Å². The predicted molar refractivity (Wildman–Crippen MR) is 166 cm³/mol. The Bertz CT molecular complexity index is 1020. The molecular formula is C34H52O6Si. The average Bonchev–Trinajstić information content (AvgIpc) is 3.38. The van der Waals surface area contributed by atoms with Crippen molar-refractivity contribution >= 4 is 18.7 Å². The molecule has 7 heteroatoms. The van der Waals surface area contributed by atoms with Gasteiger partial charge in [-0.3, -0.25) is 0 Å². The van der Waals surface area contributed by atoms with Gasteiger partial charge >= 0.3 is 0 Å². The summed E-state index contributed by atoms with van der Waals surface area (Å²) >= 11 is 0. The van der Waals surface area contributed by atoms with Crippen LogP contribution in [0.15, 0.2) is 60.7 Å². The van der Waals surface area contributed by atoms with E-state index in [1.165, 1.54) is 10.4 Å². The molecule has 0 aliphatic carbocycles. The molecule has 2 aliphatic rings. The molecule has 0 radical (unpaired) electrons. The zero-order valence-electron chi connectivity index (χ0n) is 26.3. The summed E-state index contributed by atoms with van der Waals surface area (Å²) < 4.78 is 39.5. The summed E-state index contributed by atoms with van der Waals surface area (Å²) in [5.41, 5.74) is -0.737. The van der Waals surface area contributed by atoms with E-state index in [0.717, 1.165) is 25.7 Å². The number of hydrogen-bond donors (Lipinski definition) is 0. The molecule has 0 amide bonds. The lowest BCUT2D eigenvalue weighted by molar-refractivity contribution is -0.255. The van der Waals surface area contributed by atoms with Gasteiger partial charge in [-0.1, -0.05) is 108 Å². The highest BCUT2D eigenvalue weighted by Crippen LogP contribution is 2.46. The molecule has 2 unspecified atom stereocenters. The van der Waals surface area contributed by atoms with Crippen LogP contribution in [0, 0.1) is 0 Å². The number of hydrogen-bond acceptors (Lipinski definition) is 6. The second-order valence-corrected chi connectivity index (χ2v) is 17.3. The third-order valence-electron chi connectivity index (χ3n) is 8.30. The van der Waals surface area contributed by atoms with Gasteiger partial charge in [0.25, 0.3) is 8.32 Å². The minimum absolute atomic E-state index is 0.110. The van der Waals surface area contributed by atoms with Crippen molar-refractivity contribution in [3.8, 4) is 0 Å². The Morgan fingerprint density at radius 3 is 1.93 bits per heavy atom. The molecule has 4 atom stereocenters. The fraction of sp³-hybridized carbons (Fsp3) is 0.647. The SMILES string of the molecule is CCCCOC[C@@]1(CCO[Si](c2ccccc2)(c2ccccc2)C(C)(C)C)O[C@@H]2OC(C)(C)OC2C1OCCCC. The van der Waals surface area contributed by atoms with E-state index in [-0.39, 0.29) is 17.2 Å². The maximum atomic E-state index is 7.28. The van der Waals surface area contributed by atoms with E-state index in [9.17, 15) is 0 Å². The molecule has 2 aromatic rings. The Morgan fingerprint density at radius 1 is 0.780 bits per heavy atom. The van der Waals surface area contributed by atoms with E-state index in [4.69, 9.17) is 28.1 Å². The van der Waals surface area contributed by atoms with Crippen molar-refractivity contribution in [1.29, 1.82) is 0 Å².